The smallest absolute Gasteiger partial charge is 0.358 e. The van der Waals surface area contributed by atoms with Gasteiger partial charge >= 0.3 is 5.97 Å². The van der Waals surface area contributed by atoms with Gasteiger partial charge in [0.25, 0.3) is 0 Å². The Morgan fingerprint density at radius 2 is 1.52 bits per heavy atom. The molecule has 2 N–H and O–H groups in total. The van der Waals surface area contributed by atoms with Crippen molar-refractivity contribution in [3.63, 3.8) is 0 Å². The average molecular weight is 291 g/mol. The van der Waals surface area contributed by atoms with Gasteiger partial charge in [-0.15, -0.1) is 0 Å². The minimum Gasteiger partial charge on any atom is -0.505 e. The fourth-order valence-electron chi connectivity index (χ4n) is 3.18. The minimum atomic E-state index is -1.18. The molecule has 1 aromatic rings. The molecule has 0 aliphatic heterocycles. The van der Waals surface area contributed by atoms with Gasteiger partial charge in [-0.1, -0.05) is 51.4 Å². The van der Waals surface area contributed by atoms with Crippen LogP contribution in [0.2, 0.25) is 0 Å². The first kappa shape index (κ1) is 15.8. The standard InChI is InChI=1S/C17H25NO3/c19-15-11-14(12-18-16(15)17(20)21)13-9-7-5-3-1-2-4-6-8-10-13/h11-13,19H,1-10H2,(H,20,21). The maximum atomic E-state index is 10.9. The summed E-state index contributed by atoms with van der Waals surface area (Å²) in [4.78, 5) is 14.8. The second-order valence-corrected chi connectivity index (χ2v) is 6.04. The molecule has 0 saturated heterocycles. The molecule has 4 nitrogen and oxygen atoms in total. The van der Waals surface area contributed by atoms with Crippen molar-refractivity contribution in [2.45, 2.75) is 70.1 Å². The monoisotopic (exact) mass is 291 g/mol. The fraction of sp³-hybridized carbons (Fsp3) is 0.647. The zero-order chi connectivity index (χ0) is 15.1. The summed E-state index contributed by atoms with van der Waals surface area (Å²) in [6.07, 6.45) is 14.1. The van der Waals surface area contributed by atoms with Crippen LogP contribution in [0.25, 0.3) is 0 Å². The quantitative estimate of drug-likeness (QED) is 0.842. The molecule has 0 amide bonds. The van der Waals surface area contributed by atoms with Crippen molar-refractivity contribution in [2.75, 3.05) is 0 Å². The van der Waals surface area contributed by atoms with Crippen LogP contribution in [0.3, 0.4) is 0 Å². The number of aromatic carboxylic acids is 1. The highest BCUT2D eigenvalue weighted by Crippen LogP contribution is 2.31. The van der Waals surface area contributed by atoms with Crippen molar-refractivity contribution in [1.82, 2.24) is 4.98 Å². The van der Waals surface area contributed by atoms with Crippen molar-refractivity contribution in [1.29, 1.82) is 0 Å². The lowest BCUT2D eigenvalue weighted by molar-refractivity contribution is 0.0687. The van der Waals surface area contributed by atoms with E-state index < -0.39 is 5.97 Å². The highest BCUT2D eigenvalue weighted by molar-refractivity contribution is 5.88. The first-order valence-electron chi connectivity index (χ1n) is 8.10. The molecule has 21 heavy (non-hydrogen) atoms. The number of nitrogens with zero attached hydrogens (tertiary/aromatic N) is 1. The van der Waals surface area contributed by atoms with Crippen LogP contribution in [-0.4, -0.2) is 21.2 Å². The molecule has 1 aromatic heterocycles. The number of pyridine rings is 1. The molecule has 0 unspecified atom stereocenters. The van der Waals surface area contributed by atoms with Gasteiger partial charge in [-0.3, -0.25) is 0 Å². The number of carbonyl (C=O) groups is 1. The number of carboxylic acid groups (broad SMARTS) is 1. The van der Waals surface area contributed by atoms with E-state index in [9.17, 15) is 9.90 Å². The maximum Gasteiger partial charge on any atom is 0.358 e. The van der Waals surface area contributed by atoms with E-state index in [1.807, 2.05) is 0 Å². The number of hydrogen-bond donors (Lipinski definition) is 2. The molecule has 1 fully saturated rings. The summed E-state index contributed by atoms with van der Waals surface area (Å²) in [6, 6.07) is 1.60. The normalized spacial score (nSPS) is 18.9. The van der Waals surface area contributed by atoms with Gasteiger partial charge in [-0.25, -0.2) is 9.78 Å². The van der Waals surface area contributed by atoms with Gasteiger partial charge in [0.15, 0.2) is 5.69 Å². The predicted molar refractivity (Wildman–Crippen MR) is 81.8 cm³/mol. The number of aromatic hydroxyl groups is 1. The molecule has 1 heterocycles. The topological polar surface area (TPSA) is 70.4 Å². The number of aromatic nitrogens is 1. The average Bonchev–Trinajstić information content (AvgIpc) is 2.52. The Bertz CT molecular complexity index is 461. The van der Waals surface area contributed by atoms with Crippen LogP contribution in [0, 0.1) is 0 Å². The minimum absolute atomic E-state index is 0.214. The van der Waals surface area contributed by atoms with Crippen molar-refractivity contribution in [3.8, 4) is 5.75 Å². The molecule has 0 radical (unpaired) electrons. The molecule has 0 atom stereocenters. The summed E-state index contributed by atoms with van der Waals surface area (Å²) in [5.74, 6) is -1.000. The Kier molecular flexibility index (Phi) is 6.03. The van der Waals surface area contributed by atoms with Gasteiger partial charge in [0.1, 0.15) is 5.75 Å². The van der Waals surface area contributed by atoms with E-state index in [0.717, 1.165) is 18.4 Å². The molecule has 0 bridgehead atoms. The molecule has 1 aliphatic carbocycles. The van der Waals surface area contributed by atoms with Gasteiger partial charge in [-0.2, -0.15) is 0 Å². The lowest BCUT2D eigenvalue weighted by Crippen LogP contribution is -2.05. The lowest BCUT2D eigenvalue weighted by Gasteiger charge is -2.17. The van der Waals surface area contributed by atoms with E-state index in [1.54, 1.807) is 12.3 Å². The van der Waals surface area contributed by atoms with Crippen LogP contribution >= 0.6 is 0 Å². The van der Waals surface area contributed by atoms with Gasteiger partial charge in [0, 0.05) is 6.20 Å². The van der Waals surface area contributed by atoms with E-state index in [0.29, 0.717) is 5.92 Å². The molecular weight excluding hydrogens is 266 g/mol. The zero-order valence-corrected chi connectivity index (χ0v) is 12.6. The molecule has 1 aliphatic rings. The van der Waals surface area contributed by atoms with Crippen LogP contribution in [0.5, 0.6) is 5.75 Å². The SMILES string of the molecule is O=C(O)c1ncc(C2CCCCCCCCCC2)cc1O. The highest BCUT2D eigenvalue weighted by Gasteiger charge is 2.17. The number of carboxylic acids is 1. The van der Waals surface area contributed by atoms with Crippen molar-refractivity contribution < 1.29 is 15.0 Å². The van der Waals surface area contributed by atoms with E-state index >= 15 is 0 Å². The predicted octanol–water partition coefficient (Wildman–Crippen LogP) is 4.48. The third-order valence-electron chi connectivity index (χ3n) is 4.42. The second-order valence-electron chi connectivity index (χ2n) is 6.04. The Morgan fingerprint density at radius 1 is 1.00 bits per heavy atom. The van der Waals surface area contributed by atoms with E-state index in [4.69, 9.17) is 5.11 Å². The molecule has 0 aromatic carbocycles. The third-order valence-corrected chi connectivity index (χ3v) is 4.42. The Labute approximate surface area is 126 Å². The zero-order valence-electron chi connectivity index (χ0n) is 12.6. The highest BCUT2D eigenvalue weighted by atomic mass is 16.4. The maximum absolute atomic E-state index is 10.9. The molecule has 4 heteroatoms. The molecule has 0 spiro atoms. The van der Waals surface area contributed by atoms with Gasteiger partial charge in [0.05, 0.1) is 0 Å². The molecule has 1 saturated carbocycles. The van der Waals surface area contributed by atoms with Crippen LogP contribution in [-0.2, 0) is 0 Å². The largest absolute Gasteiger partial charge is 0.505 e. The summed E-state index contributed by atoms with van der Waals surface area (Å²) in [6.45, 7) is 0. The Hall–Kier alpha value is -1.58. The molecule has 116 valence electrons. The first-order valence-corrected chi connectivity index (χ1v) is 8.10. The van der Waals surface area contributed by atoms with Crippen molar-refractivity contribution in [3.05, 3.63) is 23.5 Å². The fourth-order valence-corrected chi connectivity index (χ4v) is 3.18. The first-order chi connectivity index (χ1) is 10.2. The van der Waals surface area contributed by atoms with E-state index in [1.165, 1.54) is 51.4 Å². The summed E-state index contributed by atoms with van der Waals surface area (Å²) < 4.78 is 0. The second kappa shape index (κ2) is 8.01. The lowest BCUT2D eigenvalue weighted by atomic mass is 9.89. The van der Waals surface area contributed by atoms with Crippen LogP contribution in [0.15, 0.2) is 12.3 Å². The van der Waals surface area contributed by atoms with Crippen molar-refractivity contribution in [2.24, 2.45) is 0 Å². The number of hydrogen-bond acceptors (Lipinski definition) is 3. The molecular formula is C17H25NO3. The van der Waals surface area contributed by atoms with E-state index in [2.05, 4.69) is 4.98 Å². The summed E-state index contributed by atoms with van der Waals surface area (Å²) in [5, 5.41) is 18.7. The van der Waals surface area contributed by atoms with Crippen LogP contribution in [0.4, 0.5) is 0 Å². The van der Waals surface area contributed by atoms with Gasteiger partial charge in [0.2, 0.25) is 0 Å². The summed E-state index contributed by atoms with van der Waals surface area (Å²) in [5.41, 5.74) is 0.729. The van der Waals surface area contributed by atoms with Gasteiger partial charge in [-0.05, 0) is 30.4 Å². The van der Waals surface area contributed by atoms with Gasteiger partial charge < -0.3 is 10.2 Å². The Morgan fingerprint density at radius 3 is 2.00 bits per heavy atom. The third kappa shape index (κ3) is 4.73. The van der Waals surface area contributed by atoms with Crippen molar-refractivity contribution >= 4 is 5.97 Å². The van der Waals surface area contributed by atoms with Crippen LogP contribution in [0.1, 0.15) is 86.2 Å². The summed E-state index contributed by atoms with van der Waals surface area (Å²) >= 11 is 0. The number of rotatable bonds is 2. The Balaban J connectivity index is 2.08. The van der Waals surface area contributed by atoms with Crippen LogP contribution < -0.4 is 0 Å². The van der Waals surface area contributed by atoms with E-state index in [-0.39, 0.29) is 11.4 Å². The molecule has 2 rings (SSSR count). The summed E-state index contributed by atoms with van der Waals surface area (Å²) in [7, 11) is 0.